The van der Waals surface area contributed by atoms with Crippen molar-refractivity contribution in [1.29, 1.82) is 5.26 Å². The maximum atomic E-state index is 13.8. The molecular weight excluding hydrogens is 598 g/mol. The zero-order chi connectivity index (χ0) is 29.2. The van der Waals surface area contributed by atoms with Gasteiger partial charge in [-0.05, 0) is 49.7 Å². The molecule has 1 fully saturated rings. The standard InChI is InChI=1S/C28H27Cl2FN10S/c1-2-39-7-5-19(6-8-39)41-12-24(37-38-41)27(25-13-42-16-34-25)35-18-9-20-26(22(30)11-18)33-15-40(14-32)28(20)36-17-3-4-23(31)21(29)10-17/h3-4,9-13,16,19,27,33,35H,2,5-8,15H2,1H3. The fraction of sp³-hybridized carbons (Fsp3) is 0.321. The average Bonchev–Trinajstić information content (AvgIpc) is 3.72. The van der Waals surface area contributed by atoms with E-state index >= 15 is 0 Å². The molecule has 2 aromatic heterocycles. The van der Waals surface area contributed by atoms with Crippen molar-refractivity contribution in [3.63, 3.8) is 0 Å². The van der Waals surface area contributed by atoms with E-state index in [-0.39, 0.29) is 11.7 Å². The molecule has 1 atom stereocenters. The SMILES string of the molecule is CCN1CCC(n2cc(C(Nc3cc(Cl)c4c(c3)C(=Nc3ccc(F)c(Cl)c3)N(C#N)CN4)c3cscn3)nn2)CC1. The number of nitrogens with one attached hydrogen (secondary N) is 2. The molecule has 10 nitrogen and oxygen atoms in total. The molecule has 2 N–H and O–H groups in total. The Morgan fingerprint density at radius 1 is 1.21 bits per heavy atom. The summed E-state index contributed by atoms with van der Waals surface area (Å²) in [5, 5.41) is 28.0. The van der Waals surface area contributed by atoms with Crippen LogP contribution in [0.25, 0.3) is 0 Å². The fourth-order valence-corrected chi connectivity index (χ4v) is 6.28. The number of fused-ring (bicyclic) bond motifs is 1. The number of aliphatic imine (C=N–C) groups is 1. The van der Waals surface area contributed by atoms with Gasteiger partial charge in [0.05, 0.1) is 44.9 Å². The number of piperidine rings is 1. The van der Waals surface area contributed by atoms with Crippen molar-refractivity contribution in [2.45, 2.75) is 31.8 Å². The summed E-state index contributed by atoms with van der Waals surface area (Å²) < 4.78 is 15.8. The molecule has 1 saturated heterocycles. The number of amidine groups is 1. The molecule has 2 aliphatic rings. The molecular formula is C28H27Cl2FN10S. The molecule has 0 bridgehead atoms. The molecule has 0 amide bonds. The Kier molecular flexibility index (Phi) is 8.26. The molecule has 0 saturated carbocycles. The number of thiazole rings is 1. The van der Waals surface area contributed by atoms with Crippen LogP contribution in [0.15, 0.2) is 52.4 Å². The predicted molar refractivity (Wildman–Crippen MR) is 163 cm³/mol. The van der Waals surface area contributed by atoms with Crippen LogP contribution >= 0.6 is 34.5 Å². The van der Waals surface area contributed by atoms with Crippen LogP contribution in [0.4, 0.5) is 21.5 Å². The number of rotatable bonds is 7. The lowest BCUT2D eigenvalue weighted by molar-refractivity contribution is 0.186. The Hall–Kier alpha value is -3.76. The number of halogens is 3. The summed E-state index contributed by atoms with van der Waals surface area (Å²) in [5.74, 6) is -0.191. The summed E-state index contributed by atoms with van der Waals surface area (Å²) in [7, 11) is 0. The quantitative estimate of drug-likeness (QED) is 0.231. The highest BCUT2D eigenvalue weighted by Crippen LogP contribution is 2.37. The molecule has 14 heteroatoms. The van der Waals surface area contributed by atoms with Crippen LogP contribution in [-0.4, -0.2) is 61.9 Å². The van der Waals surface area contributed by atoms with Gasteiger partial charge in [0.25, 0.3) is 0 Å². The molecule has 1 unspecified atom stereocenters. The number of nitriles is 1. The van der Waals surface area contributed by atoms with Crippen LogP contribution < -0.4 is 10.6 Å². The van der Waals surface area contributed by atoms with Gasteiger partial charge in [-0.25, -0.2) is 23.9 Å². The number of hydrogen-bond acceptors (Lipinski definition) is 9. The van der Waals surface area contributed by atoms with Gasteiger partial charge in [0, 0.05) is 29.7 Å². The first kappa shape index (κ1) is 28.4. The minimum atomic E-state index is -0.547. The monoisotopic (exact) mass is 624 g/mol. The van der Waals surface area contributed by atoms with E-state index in [0.717, 1.165) is 43.9 Å². The van der Waals surface area contributed by atoms with Crippen molar-refractivity contribution in [2.75, 3.05) is 36.9 Å². The minimum Gasteiger partial charge on any atom is -0.371 e. The van der Waals surface area contributed by atoms with Gasteiger partial charge in [0.15, 0.2) is 12.0 Å². The summed E-state index contributed by atoms with van der Waals surface area (Å²) in [4.78, 5) is 13.1. The van der Waals surface area contributed by atoms with Crippen molar-refractivity contribution < 1.29 is 4.39 Å². The second-order valence-electron chi connectivity index (χ2n) is 10.1. The van der Waals surface area contributed by atoms with E-state index in [9.17, 15) is 9.65 Å². The fourth-order valence-electron chi connectivity index (χ4n) is 5.24. The normalized spacial score (nSPS) is 17.5. The first-order valence-corrected chi connectivity index (χ1v) is 15.2. The maximum absolute atomic E-state index is 13.8. The highest BCUT2D eigenvalue weighted by molar-refractivity contribution is 7.07. The zero-order valence-electron chi connectivity index (χ0n) is 22.6. The smallest absolute Gasteiger partial charge is 0.187 e. The Balaban J connectivity index is 1.34. The van der Waals surface area contributed by atoms with Crippen LogP contribution in [0, 0.1) is 17.3 Å². The Morgan fingerprint density at radius 3 is 2.76 bits per heavy atom. The largest absolute Gasteiger partial charge is 0.371 e. The first-order valence-electron chi connectivity index (χ1n) is 13.5. The molecule has 42 heavy (non-hydrogen) atoms. The summed E-state index contributed by atoms with van der Waals surface area (Å²) >= 11 is 14.2. The number of anilines is 2. The van der Waals surface area contributed by atoms with Crippen LogP contribution in [0.5, 0.6) is 0 Å². The number of likely N-dealkylation sites (tertiary alicyclic amines) is 1. The third-order valence-electron chi connectivity index (χ3n) is 7.52. The van der Waals surface area contributed by atoms with E-state index in [0.29, 0.717) is 39.5 Å². The van der Waals surface area contributed by atoms with Gasteiger partial charge in [0.1, 0.15) is 24.2 Å². The minimum absolute atomic E-state index is 0.0574. The van der Waals surface area contributed by atoms with Crippen LogP contribution in [0.3, 0.4) is 0 Å². The van der Waals surface area contributed by atoms with E-state index in [1.807, 2.05) is 28.4 Å². The van der Waals surface area contributed by atoms with Crippen molar-refractivity contribution in [1.82, 2.24) is 29.8 Å². The molecule has 0 radical (unpaired) electrons. The summed E-state index contributed by atoms with van der Waals surface area (Å²) in [6.45, 7) is 5.50. The maximum Gasteiger partial charge on any atom is 0.187 e. The highest BCUT2D eigenvalue weighted by atomic mass is 35.5. The molecule has 4 aromatic rings. The van der Waals surface area contributed by atoms with Gasteiger partial charge in [-0.1, -0.05) is 35.3 Å². The van der Waals surface area contributed by atoms with Crippen LogP contribution in [0.2, 0.25) is 10.0 Å². The van der Waals surface area contributed by atoms with Crippen LogP contribution in [0.1, 0.15) is 48.8 Å². The molecule has 216 valence electrons. The molecule has 6 rings (SSSR count). The van der Waals surface area contributed by atoms with Gasteiger partial charge in [-0.15, -0.1) is 16.4 Å². The number of benzene rings is 2. The third-order valence-corrected chi connectivity index (χ3v) is 8.71. The van der Waals surface area contributed by atoms with E-state index in [1.165, 1.54) is 34.4 Å². The zero-order valence-corrected chi connectivity index (χ0v) is 25.0. The summed E-state index contributed by atoms with van der Waals surface area (Å²) in [6, 6.07) is 7.74. The van der Waals surface area contributed by atoms with Crippen molar-refractivity contribution in [3.05, 3.63) is 80.2 Å². The second kappa shape index (κ2) is 12.2. The van der Waals surface area contributed by atoms with Gasteiger partial charge in [-0.2, -0.15) is 5.26 Å². The summed E-state index contributed by atoms with van der Waals surface area (Å²) in [6.07, 6.45) is 6.19. The van der Waals surface area contributed by atoms with E-state index in [2.05, 4.69) is 48.9 Å². The Labute approximate surface area is 256 Å². The number of hydrogen-bond donors (Lipinski definition) is 2. The van der Waals surface area contributed by atoms with Gasteiger partial charge >= 0.3 is 0 Å². The molecule has 0 spiro atoms. The van der Waals surface area contributed by atoms with Crippen molar-refractivity contribution in [2.24, 2.45) is 4.99 Å². The lowest BCUT2D eigenvalue weighted by Crippen LogP contribution is -2.37. The number of nitrogens with zero attached hydrogens (tertiary/aromatic N) is 8. The summed E-state index contributed by atoms with van der Waals surface area (Å²) in [5.41, 5.74) is 5.63. The Morgan fingerprint density at radius 2 is 2.05 bits per heavy atom. The second-order valence-corrected chi connectivity index (χ2v) is 11.6. The lowest BCUT2D eigenvalue weighted by atomic mass is 10.0. The Bertz CT molecular complexity index is 1640. The van der Waals surface area contributed by atoms with E-state index < -0.39 is 11.9 Å². The average molecular weight is 626 g/mol. The van der Waals surface area contributed by atoms with Gasteiger partial charge < -0.3 is 15.5 Å². The van der Waals surface area contributed by atoms with Crippen molar-refractivity contribution >= 4 is 57.4 Å². The van der Waals surface area contributed by atoms with E-state index in [4.69, 9.17) is 23.2 Å². The molecule has 2 aromatic carbocycles. The van der Waals surface area contributed by atoms with E-state index in [1.54, 1.807) is 5.51 Å². The third kappa shape index (κ3) is 5.78. The lowest BCUT2D eigenvalue weighted by Gasteiger charge is -2.30. The molecule has 2 aliphatic heterocycles. The molecule has 0 aliphatic carbocycles. The van der Waals surface area contributed by atoms with Crippen LogP contribution in [-0.2, 0) is 0 Å². The first-order chi connectivity index (χ1) is 20.4. The highest BCUT2D eigenvalue weighted by Gasteiger charge is 2.28. The number of aromatic nitrogens is 4. The molecule has 4 heterocycles. The van der Waals surface area contributed by atoms with Crippen molar-refractivity contribution in [3.8, 4) is 6.19 Å². The predicted octanol–water partition coefficient (Wildman–Crippen LogP) is 6.28. The van der Waals surface area contributed by atoms with Gasteiger partial charge in [0.2, 0.25) is 0 Å². The topological polar surface area (TPSA) is 110 Å². The van der Waals surface area contributed by atoms with Gasteiger partial charge in [-0.3, -0.25) is 0 Å².